The lowest BCUT2D eigenvalue weighted by atomic mass is 10.1. The molecule has 4 heteroatoms. The third-order valence-corrected chi connectivity index (χ3v) is 3.32. The van der Waals surface area contributed by atoms with Gasteiger partial charge in [-0.05, 0) is 32.0 Å². The number of carbonyl (C=O) groups excluding carboxylic acids is 1. The molecule has 2 aromatic carbocycles. The van der Waals surface area contributed by atoms with E-state index in [1.807, 2.05) is 19.9 Å². The number of aryl methyl sites for hydroxylation is 1. The molecule has 0 saturated heterocycles. The highest BCUT2D eigenvalue weighted by Gasteiger charge is 2.16. The number of anilines is 1. The summed E-state index contributed by atoms with van der Waals surface area (Å²) in [6, 6.07) is 11.8. The first-order chi connectivity index (χ1) is 10.0. The average Bonchev–Trinajstić information content (AvgIpc) is 2.48. The monoisotopic (exact) mass is 287 g/mol. The molecule has 0 fully saturated rings. The Balaban J connectivity index is 2.31. The van der Waals surface area contributed by atoms with Gasteiger partial charge in [-0.1, -0.05) is 29.8 Å². The van der Waals surface area contributed by atoms with Crippen molar-refractivity contribution in [1.82, 2.24) is 0 Å². The first-order valence-electron chi connectivity index (χ1n) is 6.73. The molecule has 0 aliphatic rings. The van der Waals surface area contributed by atoms with Gasteiger partial charge in [-0.2, -0.15) is 0 Å². The van der Waals surface area contributed by atoms with Crippen LogP contribution in [0.25, 0.3) is 0 Å². The fraction of sp³-hybridized carbons (Fsp3) is 0.235. The minimum absolute atomic E-state index is 0.266. The Morgan fingerprint density at radius 1 is 1.24 bits per heavy atom. The van der Waals surface area contributed by atoms with Crippen molar-refractivity contribution in [2.75, 3.05) is 12.4 Å². The van der Waals surface area contributed by atoms with Gasteiger partial charge in [-0.25, -0.2) is 9.18 Å². The van der Waals surface area contributed by atoms with Gasteiger partial charge in [-0.15, -0.1) is 0 Å². The van der Waals surface area contributed by atoms with Gasteiger partial charge in [0.2, 0.25) is 0 Å². The summed E-state index contributed by atoms with van der Waals surface area (Å²) in [7, 11) is 1.34. The summed E-state index contributed by atoms with van der Waals surface area (Å²) < 4.78 is 18.6. The van der Waals surface area contributed by atoms with Gasteiger partial charge < -0.3 is 10.1 Å². The van der Waals surface area contributed by atoms with E-state index >= 15 is 0 Å². The van der Waals surface area contributed by atoms with Crippen molar-refractivity contribution >= 4 is 11.7 Å². The molecule has 0 bridgehead atoms. The van der Waals surface area contributed by atoms with E-state index < -0.39 is 5.97 Å². The van der Waals surface area contributed by atoms with Crippen LogP contribution < -0.4 is 5.32 Å². The molecule has 0 heterocycles. The zero-order valence-electron chi connectivity index (χ0n) is 12.3. The summed E-state index contributed by atoms with van der Waals surface area (Å²) in [6.45, 7) is 3.75. The number of methoxy groups -OCH3 is 1. The number of nitrogens with one attached hydrogen (secondary N) is 1. The third-order valence-electron chi connectivity index (χ3n) is 3.32. The van der Waals surface area contributed by atoms with E-state index in [1.165, 1.54) is 13.2 Å². The van der Waals surface area contributed by atoms with Crippen molar-refractivity contribution in [3.63, 3.8) is 0 Å². The Morgan fingerprint density at radius 3 is 2.62 bits per heavy atom. The number of hydrogen-bond acceptors (Lipinski definition) is 3. The van der Waals surface area contributed by atoms with E-state index in [2.05, 4.69) is 5.32 Å². The summed E-state index contributed by atoms with van der Waals surface area (Å²) in [4.78, 5) is 11.8. The van der Waals surface area contributed by atoms with Crippen LogP contribution in [0.3, 0.4) is 0 Å². The van der Waals surface area contributed by atoms with Crippen LogP contribution in [-0.2, 0) is 4.74 Å². The summed E-state index contributed by atoms with van der Waals surface area (Å²) in [5.41, 5.74) is 2.58. The van der Waals surface area contributed by atoms with E-state index in [-0.39, 0.29) is 11.9 Å². The quantitative estimate of drug-likeness (QED) is 0.861. The van der Waals surface area contributed by atoms with Crippen LogP contribution in [0, 0.1) is 12.7 Å². The van der Waals surface area contributed by atoms with Crippen LogP contribution in [-0.4, -0.2) is 13.1 Å². The lowest BCUT2D eigenvalue weighted by Gasteiger charge is -2.18. The van der Waals surface area contributed by atoms with Crippen molar-refractivity contribution in [1.29, 1.82) is 0 Å². The van der Waals surface area contributed by atoms with E-state index in [0.29, 0.717) is 16.8 Å². The van der Waals surface area contributed by atoms with Crippen LogP contribution in [0.1, 0.15) is 34.5 Å². The molecular weight excluding hydrogens is 269 g/mol. The van der Waals surface area contributed by atoms with E-state index in [1.54, 1.807) is 30.3 Å². The predicted octanol–water partition coefficient (Wildman–Crippen LogP) is 4.09. The number of carbonyl (C=O) groups is 1. The van der Waals surface area contributed by atoms with Crippen molar-refractivity contribution in [2.45, 2.75) is 19.9 Å². The number of hydrogen-bond donors (Lipinski definition) is 1. The second kappa shape index (κ2) is 6.39. The fourth-order valence-electron chi connectivity index (χ4n) is 2.20. The first kappa shape index (κ1) is 15.0. The topological polar surface area (TPSA) is 38.3 Å². The van der Waals surface area contributed by atoms with Crippen molar-refractivity contribution < 1.29 is 13.9 Å². The largest absolute Gasteiger partial charge is 0.465 e. The molecule has 2 rings (SSSR count). The maximum Gasteiger partial charge on any atom is 0.339 e. The molecular formula is C17H18FNO2. The maximum atomic E-state index is 13.8. The molecule has 0 spiro atoms. The Hall–Kier alpha value is -2.36. The lowest BCUT2D eigenvalue weighted by molar-refractivity contribution is 0.0601. The zero-order valence-corrected chi connectivity index (χ0v) is 12.3. The molecule has 110 valence electrons. The highest BCUT2D eigenvalue weighted by Crippen LogP contribution is 2.25. The Kier molecular flexibility index (Phi) is 4.58. The molecule has 21 heavy (non-hydrogen) atoms. The van der Waals surface area contributed by atoms with Crippen molar-refractivity contribution in [2.24, 2.45) is 0 Å². The minimum Gasteiger partial charge on any atom is -0.465 e. The van der Waals surface area contributed by atoms with Crippen LogP contribution in [0.2, 0.25) is 0 Å². The number of ether oxygens (including phenoxy) is 1. The van der Waals surface area contributed by atoms with Gasteiger partial charge in [0.15, 0.2) is 0 Å². The van der Waals surface area contributed by atoms with Gasteiger partial charge in [-0.3, -0.25) is 0 Å². The maximum absolute atomic E-state index is 13.8. The molecule has 0 aromatic heterocycles. The zero-order chi connectivity index (χ0) is 15.4. The Morgan fingerprint density at radius 2 is 1.95 bits per heavy atom. The number of halogens is 1. The molecule has 3 nitrogen and oxygen atoms in total. The molecule has 1 atom stereocenters. The van der Waals surface area contributed by atoms with E-state index in [4.69, 9.17) is 4.74 Å². The Bertz CT molecular complexity index is 655. The SMILES string of the molecule is COC(=O)c1cc(C)ccc1NC(C)c1ccccc1F. The molecule has 0 aliphatic carbocycles. The molecule has 0 amide bonds. The van der Waals surface area contributed by atoms with E-state index in [0.717, 1.165) is 5.56 Å². The average molecular weight is 287 g/mol. The highest BCUT2D eigenvalue weighted by molar-refractivity contribution is 5.95. The van der Waals surface area contributed by atoms with Crippen molar-refractivity contribution in [3.8, 4) is 0 Å². The summed E-state index contributed by atoms with van der Waals surface area (Å²) in [5, 5.41) is 3.17. The van der Waals surface area contributed by atoms with Crippen molar-refractivity contribution in [3.05, 3.63) is 65.0 Å². The third kappa shape index (κ3) is 3.40. The van der Waals surface area contributed by atoms with Gasteiger partial charge in [0.1, 0.15) is 5.82 Å². The van der Waals surface area contributed by atoms with Crippen LogP contribution in [0.15, 0.2) is 42.5 Å². The fourth-order valence-corrected chi connectivity index (χ4v) is 2.20. The predicted molar refractivity (Wildman–Crippen MR) is 81.0 cm³/mol. The van der Waals surface area contributed by atoms with Gasteiger partial charge in [0.05, 0.1) is 18.7 Å². The smallest absolute Gasteiger partial charge is 0.339 e. The lowest BCUT2D eigenvalue weighted by Crippen LogP contribution is -2.13. The molecule has 1 unspecified atom stereocenters. The second-order valence-electron chi connectivity index (χ2n) is 4.93. The normalized spacial score (nSPS) is 11.8. The highest BCUT2D eigenvalue weighted by atomic mass is 19.1. The number of esters is 1. The molecule has 0 saturated carbocycles. The second-order valence-corrected chi connectivity index (χ2v) is 4.93. The minimum atomic E-state index is -0.415. The number of rotatable bonds is 4. The number of benzene rings is 2. The van der Waals surface area contributed by atoms with Gasteiger partial charge in [0, 0.05) is 11.3 Å². The standard InChI is InChI=1S/C17H18FNO2/c1-11-8-9-16(14(10-11)17(20)21-3)19-12(2)13-6-4-5-7-15(13)18/h4-10,12,19H,1-3H3. The molecule has 0 aliphatic heterocycles. The summed E-state index contributed by atoms with van der Waals surface area (Å²) in [5.74, 6) is -0.689. The Labute approximate surface area is 123 Å². The van der Waals surface area contributed by atoms with Gasteiger partial charge in [0.25, 0.3) is 0 Å². The molecule has 0 radical (unpaired) electrons. The molecule has 2 aromatic rings. The summed E-state index contributed by atoms with van der Waals surface area (Å²) >= 11 is 0. The van der Waals surface area contributed by atoms with Crippen LogP contribution in [0.5, 0.6) is 0 Å². The first-order valence-corrected chi connectivity index (χ1v) is 6.73. The van der Waals surface area contributed by atoms with Crippen LogP contribution in [0.4, 0.5) is 10.1 Å². The molecule has 1 N–H and O–H groups in total. The van der Waals surface area contributed by atoms with Gasteiger partial charge >= 0.3 is 5.97 Å². The van der Waals surface area contributed by atoms with E-state index in [9.17, 15) is 9.18 Å². The van der Waals surface area contributed by atoms with Crippen LogP contribution >= 0.6 is 0 Å². The summed E-state index contributed by atoms with van der Waals surface area (Å²) in [6.07, 6.45) is 0.